The minimum Gasteiger partial charge on any atom is -0.334 e. The van der Waals surface area contributed by atoms with Crippen LogP contribution in [-0.4, -0.2) is 61.9 Å². The first-order chi connectivity index (χ1) is 11.9. The molecule has 2 amide bonds. The normalized spacial score (nSPS) is 21.6. The summed E-state index contributed by atoms with van der Waals surface area (Å²) in [7, 11) is 2.15. The van der Waals surface area contributed by atoms with E-state index in [0.29, 0.717) is 5.96 Å². The second-order valence-corrected chi connectivity index (χ2v) is 6.95. The van der Waals surface area contributed by atoms with Gasteiger partial charge >= 0.3 is 0 Å². The summed E-state index contributed by atoms with van der Waals surface area (Å²) >= 11 is 0. The van der Waals surface area contributed by atoms with Crippen LogP contribution < -0.4 is 15.5 Å². The van der Waals surface area contributed by atoms with Gasteiger partial charge in [0.2, 0.25) is 17.8 Å². The molecule has 134 valence electrons. The fourth-order valence-electron chi connectivity index (χ4n) is 3.03. The van der Waals surface area contributed by atoms with Crippen LogP contribution in [-0.2, 0) is 9.59 Å². The standard InChI is InChI=1S/C18H25N5O2/c1-12-4-5-14(10-13(12)2)19-17(25)15-11-16(24)21-18(20-15)23-8-6-22(3)7-9-23/h4-5,10,15H,6-9,11H2,1-3H3,(H,19,25)(H,20,21,24)/p+1/t15-/m0/s1. The van der Waals surface area contributed by atoms with Gasteiger partial charge in [-0.3, -0.25) is 14.9 Å². The minimum absolute atomic E-state index is 0.0825. The number of aryl methyl sites for hydroxylation is 2. The van der Waals surface area contributed by atoms with Gasteiger partial charge in [0.1, 0.15) is 6.04 Å². The quantitative estimate of drug-likeness (QED) is 0.665. The Morgan fingerprint density at radius 1 is 1.28 bits per heavy atom. The number of hydrogen-bond acceptors (Lipinski definition) is 4. The van der Waals surface area contributed by atoms with Crippen molar-refractivity contribution in [1.82, 2.24) is 10.2 Å². The Hall–Kier alpha value is -2.41. The van der Waals surface area contributed by atoms with Crippen molar-refractivity contribution in [2.24, 2.45) is 4.99 Å². The SMILES string of the molecule is Cc1ccc(NC(=O)[C@@H]2CC(=O)NC(N3CC[NH+](C)CC3)=N2)cc1C. The second kappa shape index (κ2) is 7.23. The monoisotopic (exact) mass is 344 g/mol. The zero-order valence-electron chi connectivity index (χ0n) is 15.1. The molecule has 1 fully saturated rings. The molecule has 25 heavy (non-hydrogen) atoms. The lowest BCUT2D eigenvalue weighted by Gasteiger charge is -2.34. The van der Waals surface area contributed by atoms with Crippen LogP contribution in [0.15, 0.2) is 23.2 Å². The molecule has 3 N–H and O–H groups in total. The molecular weight excluding hydrogens is 318 g/mol. The number of nitrogens with zero attached hydrogens (tertiary/aromatic N) is 2. The van der Waals surface area contributed by atoms with Gasteiger partial charge in [-0.2, -0.15) is 0 Å². The smallest absolute Gasteiger partial charge is 0.249 e. The number of carbonyl (C=O) groups is 2. The van der Waals surface area contributed by atoms with Crippen molar-refractivity contribution >= 4 is 23.5 Å². The third-order valence-corrected chi connectivity index (χ3v) is 4.90. The lowest BCUT2D eigenvalue weighted by atomic mass is 10.1. The highest BCUT2D eigenvalue weighted by Crippen LogP contribution is 2.16. The molecule has 1 saturated heterocycles. The Balaban J connectivity index is 1.71. The Bertz CT molecular complexity index is 707. The van der Waals surface area contributed by atoms with Gasteiger partial charge in [-0.05, 0) is 37.1 Å². The fourth-order valence-corrected chi connectivity index (χ4v) is 3.03. The molecule has 0 aromatic heterocycles. The zero-order valence-corrected chi connectivity index (χ0v) is 15.1. The van der Waals surface area contributed by atoms with Crippen LogP contribution in [0.25, 0.3) is 0 Å². The summed E-state index contributed by atoms with van der Waals surface area (Å²) in [4.78, 5) is 32.6. The molecule has 3 rings (SSSR count). The molecule has 2 heterocycles. The molecule has 2 aliphatic rings. The Morgan fingerprint density at radius 2 is 2.00 bits per heavy atom. The summed E-state index contributed by atoms with van der Waals surface area (Å²) in [5, 5.41) is 5.70. The molecule has 0 saturated carbocycles. The van der Waals surface area contributed by atoms with Gasteiger partial charge < -0.3 is 15.1 Å². The Labute approximate surface area is 148 Å². The number of likely N-dealkylation sites (N-methyl/N-ethyl adjacent to an activating group) is 1. The van der Waals surface area contributed by atoms with E-state index in [1.54, 1.807) is 0 Å². The first-order valence-corrected chi connectivity index (χ1v) is 8.74. The molecule has 7 nitrogen and oxygen atoms in total. The predicted octanol–water partition coefficient (Wildman–Crippen LogP) is -0.683. The maximum atomic E-state index is 12.6. The fraction of sp³-hybridized carbons (Fsp3) is 0.500. The van der Waals surface area contributed by atoms with Gasteiger partial charge in [0, 0.05) is 5.69 Å². The Morgan fingerprint density at radius 3 is 2.68 bits per heavy atom. The molecule has 0 unspecified atom stereocenters. The van der Waals surface area contributed by atoms with E-state index in [9.17, 15) is 9.59 Å². The topological polar surface area (TPSA) is 78.2 Å². The van der Waals surface area contributed by atoms with Crippen LogP contribution in [0.3, 0.4) is 0 Å². The van der Waals surface area contributed by atoms with E-state index in [1.807, 2.05) is 32.0 Å². The lowest BCUT2D eigenvalue weighted by molar-refractivity contribution is -0.883. The molecule has 1 atom stereocenters. The number of hydrogen-bond donors (Lipinski definition) is 3. The number of nitrogens with one attached hydrogen (secondary N) is 3. The first-order valence-electron chi connectivity index (χ1n) is 8.74. The molecule has 7 heteroatoms. The summed E-state index contributed by atoms with van der Waals surface area (Å²) in [6, 6.07) is 5.10. The van der Waals surface area contributed by atoms with E-state index < -0.39 is 6.04 Å². The van der Waals surface area contributed by atoms with Crippen LogP contribution >= 0.6 is 0 Å². The lowest BCUT2D eigenvalue weighted by Crippen LogP contribution is -3.12. The summed E-state index contributed by atoms with van der Waals surface area (Å²) < 4.78 is 0. The van der Waals surface area contributed by atoms with Gasteiger partial charge in [-0.15, -0.1) is 0 Å². The van der Waals surface area contributed by atoms with Crippen molar-refractivity contribution in [2.45, 2.75) is 26.3 Å². The molecule has 0 spiro atoms. The molecular formula is C18H26N5O2+. The number of piperazine rings is 1. The maximum Gasteiger partial charge on any atom is 0.249 e. The van der Waals surface area contributed by atoms with Crippen LogP contribution in [0, 0.1) is 13.8 Å². The second-order valence-electron chi connectivity index (χ2n) is 6.95. The number of anilines is 1. The van der Waals surface area contributed by atoms with Crippen LogP contribution in [0.1, 0.15) is 17.5 Å². The van der Waals surface area contributed by atoms with Crippen LogP contribution in [0.4, 0.5) is 5.69 Å². The molecule has 0 bridgehead atoms. The number of benzene rings is 1. The van der Waals surface area contributed by atoms with E-state index >= 15 is 0 Å². The summed E-state index contributed by atoms with van der Waals surface area (Å²) in [5.74, 6) is 0.135. The van der Waals surface area contributed by atoms with Crippen LogP contribution in [0.5, 0.6) is 0 Å². The molecule has 1 aromatic rings. The van der Waals surface area contributed by atoms with E-state index in [4.69, 9.17) is 0 Å². The number of amides is 2. The number of guanidine groups is 1. The van der Waals surface area contributed by atoms with Crippen molar-refractivity contribution in [3.05, 3.63) is 29.3 Å². The van der Waals surface area contributed by atoms with E-state index in [0.717, 1.165) is 37.4 Å². The number of rotatable bonds is 2. The third-order valence-electron chi connectivity index (χ3n) is 4.90. The van der Waals surface area contributed by atoms with Crippen molar-refractivity contribution < 1.29 is 14.5 Å². The molecule has 1 aromatic carbocycles. The average Bonchev–Trinajstić information content (AvgIpc) is 2.58. The zero-order chi connectivity index (χ0) is 18.0. The number of quaternary nitrogens is 1. The van der Waals surface area contributed by atoms with Crippen molar-refractivity contribution in [3.8, 4) is 0 Å². The van der Waals surface area contributed by atoms with Crippen molar-refractivity contribution in [2.75, 3.05) is 38.5 Å². The largest absolute Gasteiger partial charge is 0.334 e. The van der Waals surface area contributed by atoms with Crippen molar-refractivity contribution in [3.63, 3.8) is 0 Å². The van der Waals surface area contributed by atoms with Crippen molar-refractivity contribution in [1.29, 1.82) is 0 Å². The highest BCUT2D eigenvalue weighted by molar-refractivity contribution is 6.06. The number of carbonyl (C=O) groups excluding carboxylic acids is 2. The molecule has 2 aliphatic heterocycles. The Kier molecular flexibility index (Phi) is 5.03. The van der Waals surface area contributed by atoms with E-state index in [2.05, 4.69) is 27.6 Å². The molecule has 0 radical (unpaired) electrons. The highest BCUT2D eigenvalue weighted by Gasteiger charge is 2.30. The minimum atomic E-state index is -0.683. The first kappa shape index (κ1) is 17.4. The highest BCUT2D eigenvalue weighted by atomic mass is 16.2. The maximum absolute atomic E-state index is 12.6. The summed E-state index contributed by atoms with van der Waals surface area (Å²) in [5.41, 5.74) is 3.02. The van der Waals surface area contributed by atoms with Gasteiger partial charge in [0.05, 0.1) is 39.6 Å². The van der Waals surface area contributed by atoms with Gasteiger partial charge in [-0.1, -0.05) is 6.07 Å². The predicted molar refractivity (Wildman–Crippen MR) is 96.7 cm³/mol. The third kappa shape index (κ3) is 4.17. The summed E-state index contributed by atoms with van der Waals surface area (Å²) in [6.45, 7) is 7.68. The average molecular weight is 344 g/mol. The summed E-state index contributed by atoms with van der Waals surface area (Å²) in [6.07, 6.45) is 0.0825. The number of aliphatic imine (C=N–C) groups is 1. The van der Waals surface area contributed by atoms with E-state index in [1.165, 1.54) is 10.5 Å². The molecule has 0 aliphatic carbocycles. The van der Waals surface area contributed by atoms with Crippen LogP contribution in [0.2, 0.25) is 0 Å². The van der Waals surface area contributed by atoms with E-state index in [-0.39, 0.29) is 18.2 Å². The van der Waals surface area contributed by atoms with Gasteiger partial charge in [0.15, 0.2) is 0 Å². The van der Waals surface area contributed by atoms with Gasteiger partial charge in [-0.25, -0.2) is 4.99 Å². The van der Waals surface area contributed by atoms with Gasteiger partial charge in [0.25, 0.3) is 0 Å².